The van der Waals surface area contributed by atoms with Gasteiger partial charge in [0.2, 0.25) is 5.78 Å². The fraction of sp³-hybridized carbons (Fsp3) is 0.345. The fourth-order valence-corrected chi connectivity index (χ4v) is 8.00. The maximum Gasteiger partial charge on any atom is 0.417 e. The molecular weight excluding hydrogens is 621 g/mol. The number of hydrogen-bond donors (Lipinski definition) is 0. The molecule has 0 unspecified atom stereocenters. The summed E-state index contributed by atoms with van der Waals surface area (Å²) >= 11 is 5.73. The highest BCUT2D eigenvalue weighted by Gasteiger charge is 2.39. The molecule has 43 heavy (non-hydrogen) atoms. The number of aryl methyl sites for hydroxylation is 1. The molecule has 0 spiro atoms. The van der Waals surface area contributed by atoms with Crippen molar-refractivity contribution < 1.29 is 31.1 Å². The topological polar surface area (TPSA) is 94.4 Å². The second-order valence-electron chi connectivity index (χ2n) is 11.7. The van der Waals surface area contributed by atoms with Crippen LogP contribution in [-0.4, -0.2) is 50.5 Å². The predicted molar refractivity (Wildman–Crippen MR) is 163 cm³/mol. The second-order valence-corrected chi connectivity index (χ2v) is 19.1. The Labute approximate surface area is 254 Å². The van der Waals surface area contributed by atoms with Crippen molar-refractivity contribution in [2.24, 2.45) is 0 Å². The van der Waals surface area contributed by atoms with Crippen LogP contribution in [-0.2, 0) is 20.9 Å². The van der Waals surface area contributed by atoms with E-state index in [-0.39, 0.29) is 22.0 Å². The monoisotopic (exact) mass is 652 g/mol. The van der Waals surface area contributed by atoms with Gasteiger partial charge >= 0.3 is 6.18 Å². The number of methoxy groups -OCH3 is 1. The number of pyridine rings is 2. The van der Waals surface area contributed by atoms with E-state index in [0.717, 1.165) is 16.4 Å². The Morgan fingerprint density at radius 2 is 1.77 bits per heavy atom. The highest BCUT2D eigenvalue weighted by molar-refractivity contribution is 7.92. The van der Waals surface area contributed by atoms with E-state index in [1.54, 1.807) is 13.0 Å². The number of halogens is 4. The number of benzene rings is 1. The summed E-state index contributed by atoms with van der Waals surface area (Å²) in [4.78, 5) is 22.3. The van der Waals surface area contributed by atoms with Crippen molar-refractivity contribution in [2.45, 2.75) is 56.9 Å². The Kier molecular flexibility index (Phi) is 8.61. The van der Waals surface area contributed by atoms with E-state index in [1.165, 1.54) is 31.6 Å². The van der Waals surface area contributed by atoms with Crippen LogP contribution in [0.1, 0.15) is 48.0 Å². The average molecular weight is 653 g/mol. The zero-order valence-electron chi connectivity index (χ0n) is 24.7. The summed E-state index contributed by atoms with van der Waals surface area (Å²) in [6.45, 7) is 11.9. The molecule has 0 aliphatic heterocycles. The molecule has 14 heteroatoms. The molecule has 0 saturated carbocycles. The molecule has 3 aromatic heterocycles. The third-order valence-electron chi connectivity index (χ3n) is 7.84. The lowest BCUT2D eigenvalue weighted by Crippen LogP contribution is -2.45. The number of carbonyl (C=O) groups is 1. The van der Waals surface area contributed by atoms with E-state index < -0.39 is 52.4 Å². The third kappa shape index (κ3) is 5.95. The van der Waals surface area contributed by atoms with Crippen molar-refractivity contribution in [3.63, 3.8) is 0 Å². The molecule has 1 aromatic carbocycles. The highest BCUT2D eigenvalue weighted by atomic mass is 35.5. The largest absolute Gasteiger partial charge is 0.417 e. The summed E-state index contributed by atoms with van der Waals surface area (Å²) in [7, 11) is -5.60. The second kappa shape index (κ2) is 11.3. The molecule has 3 heterocycles. The number of sulfonamides is 1. The predicted octanol–water partition coefficient (Wildman–Crippen LogP) is 7.30. The Bertz CT molecular complexity index is 1820. The molecule has 0 aliphatic rings. The zero-order chi connectivity index (χ0) is 32.1. The van der Waals surface area contributed by atoms with Crippen molar-refractivity contribution in [2.75, 3.05) is 18.1 Å². The minimum Gasteiger partial charge on any atom is -0.363 e. The number of ketones is 1. The Balaban J connectivity index is 1.90. The summed E-state index contributed by atoms with van der Waals surface area (Å²) in [6, 6.07) is 7.06. The molecule has 4 rings (SSSR count). The molecule has 0 bridgehead atoms. The number of aromatic nitrogens is 3. The number of hydrogen-bond acceptors (Lipinski definition) is 6. The van der Waals surface area contributed by atoms with Crippen molar-refractivity contribution in [1.29, 1.82) is 0 Å². The van der Waals surface area contributed by atoms with Gasteiger partial charge in [-0.2, -0.15) is 13.2 Å². The molecule has 8 nitrogen and oxygen atoms in total. The lowest BCUT2D eigenvalue weighted by Gasteiger charge is -2.38. The first kappa shape index (κ1) is 32.6. The minimum atomic E-state index is -4.89. The van der Waals surface area contributed by atoms with E-state index in [2.05, 4.69) is 48.1 Å². The van der Waals surface area contributed by atoms with Gasteiger partial charge in [-0.15, -0.1) is 0 Å². The van der Waals surface area contributed by atoms with Crippen LogP contribution >= 0.6 is 11.6 Å². The van der Waals surface area contributed by atoms with Crippen molar-refractivity contribution in [3.8, 4) is 0 Å². The van der Waals surface area contributed by atoms with Crippen LogP contribution in [0.15, 0.2) is 59.9 Å². The van der Waals surface area contributed by atoms with Crippen LogP contribution in [0.3, 0.4) is 0 Å². The van der Waals surface area contributed by atoms with E-state index in [1.807, 2.05) is 6.20 Å². The fourth-order valence-electron chi connectivity index (χ4n) is 4.49. The van der Waals surface area contributed by atoms with E-state index in [0.29, 0.717) is 22.7 Å². The zero-order valence-corrected chi connectivity index (χ0v) is 27.3. The number of fused-ring (bicyclic) bond motifs is 1. The van der Waals surface area contributed by atoms with Crippen LogP contribution in [0.5, 0.6) is 0 Å². The van der Waals surface area contributed by atoms with Gasteiger partial charge in [-0.05, 0) is 60.1 Å². The van der Waals surface area contributed by atoms with Gasteiger partial charge in [-0.25, -0.2) is 17.7 Å². The van der Waals surface area contributed by atoms with Crippen LogP contribution in [0.2, 0.25) is 23.2 Å². The van der Waals surface area contributed by atoms with Gasteiger partial charge in [-0.1, -0.05) is 45.5 Å². The van der Waals surface area contributed by atoms with Crippen molar-refractivity contribution >= 4 is 52.4 Å². The lowest BCUT2D eigenvalue weighted by molar-refractivity contribution is -0.137. The first-order chi connectivity index (χ1) is 19.8. The van der Waals surface area contributed by atoms with Gasteiger partial charge in [0.25, 0.3) is 10.0 Å². The van der Waals surface area contributed by atoms with Gasteiger partial charge < -0.3 is 8.97 Å². The SMILES string of the molecule is COCN(c1cc(C)cnc1C(=O)c1ccnc2c1ccn2[Si](C)(C)C(C)(C)C)S(=O)(=O)c1ccc(Cl)c(C(F)(F)F)c1. The Hall–Kier alpha value is -3.26. The number of nitrogens with zero attached hydrogens (tertiary/aromatic N) is 4. The summed E-state index contributed by atoms with van der Waals surface area (Å²) in [5, 5.41) is -0.113. The van der Waals surface area contributed by atoms with Crippen molar-refractivity contribution in [1.82, 2.24) is 14.2 Å². The maximum atomic E-state index is 14.1. The molecule has 0 radical (unpaired) electrons. The first-order valence-electron chi connectivity index (χ1n) is 13.2. The molecule has 0 aliphatic carbocycles. The summed E-state index contributed by atoms with van der Waals surface area (Å²) in [5.74, 6) is -0.584. The minimum absolute atomic E-state index is 0.0328. The number of ether oxygens (including phenoxy) is 1. The Morgan fingerprint density at radius 1 is 1.09 bits per heavy atom. The average Bonchev–Trinajstić information content (AvgIpc) is 3.35. The quantitative estimate of drug-likeness (QED) is 0.113. The molecule has 0 N–H and O–H groups in total. The summed E-state index contributed by atoms with van der Waals surface area (Å²) < 4.78 is 76.5. The van der Waals surface area contributed by atoms with Crippen molar-refractivity contribution in [3.05, 3.63) is 82.4 Å². The highest BCUT2D eigenvalue weighted by Crippen LogP contribution is 2.40. The van der Waals surface area contributed by atoms with Gasteiger partial charge in [0.1, 0.15) is 18.1 Å². The summed E-state index contributed by atoms with van der Waals surface area (Å²) in [5.41, 5.74) is -0.294. The number of carbonyl (C=O) groups excluding carboxylic acids is 1. The maximum absolute atomic E-state index is 14.1. The Morgan fingerprint density at radius 3 is 2.37 bits per heavy atom. The number of rotatable bonds is 8. The molecule has 0 saturated heterocycles. The van der Waals surface area contributed by atoms with Gasteiger partial charge in [0, 0.05) is 30.5 Å². The van der Waals surface area contributed by atoms with Crippen LogP contribution in [0.25, 0.3) is 11.0 Å². The molecule has 0 fully saturated rings. The van der Waals surface area contributed by atoms with E-state index in [9.17, 15) is 26.4 Å². The van der Waals surface area contributed by atoms with Gasteiger partial charge in [0.05, 0.1) is 21.2 Å². The number of alkyl halides is 3. The standard InChI is InChI=1S/C29H32ClF3N4O4SSi/c1-18-14-24(36(17-41-5)42(39,40)19-8-9-23(30)22(15-19)29(31,32)33)25(35-16-18)26(38)20-10-12-34-27-21(20)11-13-37(27)43(6,7)28(2,3)4/h8-16H,17H2,1-7H3. The third-order valence-corrected chi connectivity index (χ3v) is 15.1. The molecular formula is C29H32ClF3N4O4SSi. The van der Waals surface area contributed by atoms with Gasteiger partial charge in [0.15, 0.2) is 8.24 Å². The van der Waals surface area contributed by atoms with Crippen LogP contribution in [0, 0.1) is 6.92 Å². The normalized spacial score (nSPS) is 13.0. The smallest absolute Gasteiger partial charge is 0.363 e. The van der Waals surface area contributed by atoms with E-state index in [4.69, 9.17) is 16.3 Å². The molecule has 0 amide bonds. The first-order valence-corrected chi connectivity index (χ1v) is 17.9. The van der Waals surface area contributed by atoms with Crippen LogP contribution < -0.4 is 4.31 Å². The van der Waals surface area contributed by atoms with E-state index >= 15 is 0 Å². The molecule has 4 aromatic rings. The van der Waals surface area contributed by atoms with Crippen LogP contribution in [0.4, 0.5) is 18.9 Å². The molecule has 230 valence electrons. The summed E-state index contributed by atoms with van der Waals surface area (Å²) in [6.07, 6.45) is -0.0508. The molecule has 0 atom stereocenters. The lowest BCUT2D eigenvalue weighted by atomic mass is 10.0. The number of anilines is 1. The van der Waals surface area contributed by atoms with Gasteiger partial charge in [-0.3, -0.25) is 9.78 Å².